The maximum atomic E-state index is 12.3. The number of carboxylic acid groups (broad SMARTS) is 1. The van der Waals surface area contributed by atoms with E-state index in [1.54, 1.807) is 0 Å². The molecule has 0 radical (unpaired) electrons. The van der Waals surface area contributed by atoms with Gasteiger partial charge >= 0.3 is 5.97 Å². The number of aryl methyl sites for hydroxylation is 2. The van der Waals surface area contributed by atoms with Crippen LogP contribution in [0.4, 0.5) is 0 Å². The van der Waals surface area contributed by atoms with Crippen molar-refractivity contribution >= 4 is 39.5 Å². The summed E-state index contributed by atoms with van der Waals surface area (Å²) in [4.78, 5) is 17.0. The highest BCUT2D eigenvalue weighted by Crippen LogP contribution is 2.28. The highest BCUT2D eigenvalue weighted by atomic mass is 127. The molecule has 0 aliphatic heterocycles. The lowest BCUT2D eigenvalue weighted by Gasteiger charge is -2.16. The normalized spacial score (nSPS) is 10.8. The monoisotopic (exact) mass is 539 g/mol. The number of aromatic nitrogens is 1. The van der Waals surface area contributed by atoms with Crippen molar-refractivity contribution in [1.29, 1.82) is 0 Å². The molecule has 1 N–H and O–H groups in total. The number of rotatable bonds is 7. The zero-order chi connectivity index (χ0) is 22.7. The van der Waals surface area contributed by atoms with Crippen molar-refractivity contribution in [3.05, 3.63) is 98.2 Å². The fraction of sp³-hybridized carbons (Fsp3) is 0.154. The van der Waals surface area contributed by atoms with Gasteiger partial charge < -0.3 is 14.6 Å². The number of benzene rings is 3. The Hall–Kier alpha value is -3.13. The molecule has 0 fully saturated rings. The Morgan fingerprint density at radius 3 is 2.00 bits per heavy atom. The van der Waals surface area contributed by atoms with Crippen LogP contribution < -0.4 is 9.47 Å². The lowest BCUT2D eigenvalue weighted by atomic mass is 10.0. The summed E-state index contributed by atoms with van der Waals surface area (Å²) in [6.07, 6.45) is 0. The number of carbonyl (C=O) groups is 1. The van der Waals surface area contributed by atoms with E-state index in [1.165, 1.54) is 0 Å². The van der Waals surface area contributed by atoms with E-state index in [9.17, 15) is 9.90 Å². The molecule has 3 aromatic carbocycles. The van der Waals surface area contributed by atoms with E-state index in [1.807, 2.05) is 80.6 Å². The number of pyridine rings is 1. The molecule has 0 saturated heterocycles. The zero-order valence-corrected chi connectivity index (χ0v) is 19.9. The first kappa shape index (κ1) is 22.1. The Balaban J connectivity index is 1.74. The number of halogens is 1. The SMILES string of the molecule is Cc1ccc(OCc2nc3ccc(I)cc3c(COc3ccc(C)cc3)c2C(=O)O)cc1. The minimum absolute atomic E-state index is 0.0458. The molecule has 0 amide bonds. The lowest BCUT2D eigenvalue weighted by Crippen LogP contribution is -2.14. The third-order valence-corrected chi connectivity index (χ3v) is 5.82. The first-order chi connectivity index (χ1) is 15.4. The van der Waals surface area contributed by atoms with Gasteiger partial charge in [-0.15, -0.1) is 0 Å². The van der Waals surface area contributed by atoms with Gasteiger partial charge in [0.05, 0.1) is 16.8 Å². The van der Waals surface area contributed by atoms with Crippen molar-refractivity contribution in [2.45, 2.75) is 27.1 Å². The quantitative estimate of drug-likeness (QED) is 0.279. The standard InChI is InChI=1S/C26H22INO4/c1-16-3-8-19(9-4-16)31-14-22-21-13-18(27)7-12-23(21)28-24(25(22)26(29)30)15-32-20-10-5-17(2)6-11-20/h3-13H,14-15H2,1-2H3,(H,29,30). The molecule has 0 aliphatic rings. The summed E-state index contributed by atoms with van der Waals surface area (Å²) in [5, 5.41) is 10.9. The molecule has 0 unspecified atom stereocenters. The Kier molecular flexibility index (Phi) is 6.60. The first-order valence-corrected chi connectivity index (χ1v) is 11.2. The molecule has 0 bridgehead atoms. The summed E-state index contributed by atoms with van der Waals surface area (Å²) in [6.45, 7) is 4.16. The van der Waals surface area contributed by atoms with Crippen LogP contribution in [0.25, 0.3) is 10.9 Å². The van der Waals surface area contributed by atoms with E-state index >= 15 is 0 Å². The topological polar surface area (TPSA) is 68.7 Å². The maximum Gasteiger partial charge on any atom is 0.338 e. The van der Waals surface area contributed by atoms with Gasteiger partial charge in [-0.3, -0.25) is 0 Å². The summed E-state index contributed by atoms with van der Waals surface area (Å²) >= 11 is 2.21. The van der Waals surface area contributed by atoms with E-state index in [0.29, 0.717) is 28.3 Å². The van der Waals surface area contributed by atoms with Crippen LogP contribution >= 0.6 is 22.6 Å². The molecule has 5 nitrogen and oxygen atoms in total. The molecule has 1 heterocycles. The van der Waals surface area contributed by atoms with Gasteiger partial charge in [0.25, 0.3) is 0 Å². The predicted octanol–water partition coefficient (Wildman–Crippen LogP) is 6.31. The third kappa shape index (κ3) is 5.02. The van der Waals surface area contributed by atoms with Crippen molar-refractivity contribution in [3.8, 4) is 11.5 Å². The number of hydrogen-bond donors (Lipinski definition) is 1. The summed E-state index contributed by atoms with van der Waals surface area (Å²) in [5.41, 5.74) is 4.04. The average molecular weight is 539 g/mol. The number of nitrogens with zero attached hydrogens (tertiary/aromatic N) is 1. The smallest absolute Gasteiger partial charge is 0.338 e. The van der Waals surface area contributed by atoms with Crippen LogP contribution in [0.1, 0.15) is 32.7 Å². The van der Waals surface area contributed by atoms with E-state index in [2.05, 4.69) is 27.6 Å². The fourth-order valence-electron chi connectivity index (χ4n) is 3.44. The first-order valence-electron chi connectivity index (χ1n) is 10.1. The van der Waals surface area contributed by atoms with Crippen molar-refractivity contribution in [2.24, 2.45) is 0 Å². The summed E-state index contributed by atoms with van der Waals surface area (Å²) in [7, 11) is 0. The van der Waals surface area contributed by atoms with Crippen molar-refractivity contribution in [2.75, 3.05) is 0 Å². The Morgan fingerprint density at radius 2 is 1.44 bits per heavy atom. The number of hydrogen-bond acceptors (Lipinski definition) is 4. The molecule has 0 spiro atoms. The number of ether oxygens (including phenoxy) is 2. The van der Waals surface area contributed by atoms with E-state index < -0.39 is 5.97 Å². The molecule has 1 aromatic heterocycles. The number of fused-ring (bicyclic) bond motifs is 1. The van der Waals surface area contributed by atoms with Gasteiger partial charge in [-0.05, 0) is 78.9 Å². The van der Waals surface area contributed by atoms with Gasteiger partial charge in [0.1, 0.15) is 24.7 Å². The molecule has 6 heteroatoms. The van der Waals surface area contributed by atoms with Crippen LogP contribution in [-0.4, -0.2) is 16.1 Å². The lowest BCUT2D eigenvalue weighted by molar-refractivity contribution is 0.0690. The van der Waals surface area contributed by atoms with E-state index in [4.69, 9.17) is 9.47 Å². The minimum atomic E-state index is -1.05. The molecule has 4 aromatic rings. The molecule has 0 saturated carbocycles. The van der Waals surface area contributed by atoms with E-state index in [-0.39, 0.29) is 18.8 Å². The second-order valence-corrected chi connectivity index (χ2v) is 8.83. The highest BCUT2D eigenvalue weighted by molar-refractivity contribution is 14.1. The van der Waals surface area contributed by atoms with E-state index in [0.717, 1.165) is 20.1 Å². The van der Waals surface area contributed by atoms with Crippen LogP contribution in [-0.2, 0) is 13.2 Å². The second kappa shape index (κ2) is 9.56. The minimum Gasteiger partial charge on any atom is -0.489 e. The molecular formula is C26H22INO4. The average Bonchev–Trinajstić information content (AvgIpc) is 2.77. The van der Waals surface area contributed by atoms with Crippen LogP contribution in [0.5, 0.6) is 11.5 Å². The zero-order valence-electron chi connectivity index (χ0n) is 17.8. The van der Waals surface area contributed by atoms with Gasteiger partial charge in [0, 0.05) is 14.5 Å². The third-order valence-electron chi connectivity index (χ3n) is 5.14. The maximum absolute atomic E-state index is 12.3. The molecule has 162 valence electrons. The second-order valence-electron chi connectivity index (χ2n) is 7.58. The fourth-order valence-corrected chi connectivity index (χ4v) is 3.93. The highest BCUT2D eigenvalue weighted by Gasteiger charge is 2.22. The summed E-state index contributed by atoms with van der Waals surface area (Å²) in [5.74, 6) is 0.289. The van der Waals surface area contributed by atoms with Crippen molar-refractivity contribution in [3.63, 3.8) is 0 Å². The predicted molar refractivity (Wildman–Crippen MR) is 132 cm³/mol. The summed E-state index contributed by atoms with van der Waals surface area (Å²) < 4.78 is 12.8. The van der Waals surface area contributed by atoms with Gasteiger partial charge in [0.2, 0.25) is 0 Å². The van der Waals surface area contributed by atoms with Crippen LogP contribution in [0.2, 0.25) is 0 Å². The Labute approximate surface area is 200 Å². The molecule has 32 heavy (non-hydrogen) atoms. The number of aromatic carboxylic acids is 1. The van der Waals surface area contributed by atoms with Crippen LogP contribution in [0.15, 0.2) is 66.7 Å². The van der Waals surface area contributed by atoms with Gasteiger partial charge in [-0.25, -0.2) is 9.78 Å². The van der Waals surface area contributed by atoms with Crippen molar-refractivity contribution < 1.29 is 19.4 Å². The Morgan fingerprint density at radius 1 is 0.875 bits per heavy atom. The van der Waals surface area contributed by atoms with Crippen LogP contribution in [0, 0.1) is 17.4 Å². The van der Waals surface area contributed by atoms with Gasteiger partial charge in [0.15, 0.2) is 0 Å². The van der Waals surface area contributed by atoms with Gasteiger partial charge in [-0.2, -0.15) is 0 Å². The number of carboxylic acids is 1. The van der Waals surface area contributed by atoms with Crippen molar-refractivity contribution in [1.82, 2.24) is 4.98 Å². The van der Waals surface area contributed by atoms with Gasteiger partial charge in [-0.1, -0.05) is 35.4 Å². The summed E-state index contributed by atoms with van der Waals surface area (Å²) in [6, 6.07) is 21.1. The van der Waals surface area contributed by atoms with Crippen LogP contribution in [0.3, 0.4) is 0 Å². The molecular weight excluding hydrogens is 517 g/mol. The molecule has 0 aliphatic carbocycles. The molecule has 0 atom stereocenters. The largest absolute Gasteiger partial charge is 0.489 e. The molecule has 4 rings (SSSR count). The Bertz CT molecular complexity index is 1270.